The molecule has 0 heterocycles. The summed E-state index contributed by atoms with van der Waals surface area (Å²) in [6.07, 6.45) is 1.75. The molecule has 0 aliphatic rings. The van der Waals surface area contributed by atoms with Gasteiger partial charge in [0.1, 0.15) is 5.60 Å². The first-order valence-electron chi connectivity index (χ1n) is 9.36. The smallest absolute Gasteiger partial charge is 0.337 e. The molecular formula is C23H27BrN2O3. The summed E-state index contributed by atoms with van der Waals surface area (Å²) >= 11 is 3.38. The second kappa shape index (κ2) is 9.85. The molecule has 0 spiro atoms. The normalized spacial score (nSPS) is 13.2. The lowest BCUT2D eigenvalue weighted by molar-refractivity contribution is -0.165. The van der Waals surface area contributed by atoms with Crippen molar-refractivity contribution in [3.8, 4) is 0 Å². The predicted molar refractivity (Wildman–Crippen MR) is 120 cm³/mol. The Morgan fingerprint density at radius 2 is 1.69 bits per heavy atom. The zero-order valence-corrected chi connectivity index (χ0v) is 18.6. The molecule has 0 fully saturated rings. The number of ether oxygens (including phenoxy) is 1. The maximum absolute atomic E-state index is 13.4. The molecule has 0 aliphatic carbocycles. The van der Waals surface area contributed by atoms with E-state index in [1.54, 1.807) is 39.0 Å². The van der Waals surface area contributed by atoms with Gasteiger partial charge in [-0.3, -0.25) is 10.1 Å². The zero-order valence-electron chi connectivity index (χ0n) is 17.0. The first-order chi connectivity index (χ1) is 13.7. The average Bonchev–Trinajstić information content (AvgIpc) is 2.66. The van der Waals surface area contributed by atoms with Crippen molar-refractivity contribution < 1.29 is 14.3 Å². The van der Waals surface area contributed by atoms with Gasteiger partial charge in [-0.05, 0) is 50.6 Å². The van der Waals surface area contributed by atoms with Crippen molar-refractivity contribution in [1.82, 2.24) is 5.32 Å². The molecule has 1 atom stereocenters. The molecular weight excluding hydrogens is 432 g/mol. The Kier molecular flexibility index (Phi) is 7.76. The van der Waals surface area contributed by atoms with Gasteiger partial charge in [0.25, 0.3) is 5.91 Å². The Labute approximate surface area is 180 Å². The van der Waals surface area contributed by atoms with Crippen molar-refractivity contribution in [2.24, 2.45) is 0 Å². The number of amides is 1. The third kappa shape index (κ3) is 6.54. The summed E-state index contributed by atoms with van der Waals surface area (Å²) in [7, 11) is 0. The van der Waals surface area contributed by atoms with Crippen molar-refractivity contribution in [1.29, 1.82) is 0 Å². The molecule has 0 aliphatic heterocycles. The lowest BCUT2D eigenvalue weighted by Crippen LogP contribution is -2.63. The number of anilines is 1. The van der Waals surface area contributed by atoms with Gasteiger partial charge in [0.2, 0.25) is 5.54 Å². The molecule has 0 bridgehead atoms. The van der Waals surface area contributed by atoms with Crippen LogP contribution in [0.25, 0.3) is 0 Å². The van der Waals surface area contributed by atoms with E-state index in [0.29, 0.717) is 5.69 Å². The van der Waals surface area contributed by atoms with E-state index in [0.717, 1.165) is 10.0 Å². The van der Waals surface area contributed by atoms with Crippen LogP contribution in [0.4, 0.5) is 5.69 Å². The molecule has 0 radical (unpaired) electrons. The van der Waals surface area contributed by atoms with E-state index in [1.807, 2.05) is 42.5 Å². The molecule has 6 heteroatoms. The summed E-state index contributed by atoms with van der Waals surface area (Å²) in [5.74, 6) is -1.12. The predicted octanol–water partition coefficient (Wildman–Crippen LogP) is 4.49. The third-order valence-corrected chi connectivity index (χ3v) is 4.63. The summed E-state index contributed by atoms with van der Waals surface area (Å²) < 4.78 is 6.54. The minimum absolute atomic E-state index is 0.138. The standard InChI is InChI=1S/C23H27BrN2O3/c1-5-15-25-23(21(28)29-22(2,3)4,16-17-9-7-6-8-10-17)20(27)26-19-13-11-18(24)12-14-19/h5-14,25H,1,15-16H2,2-4H3,(H,26,27)/t23-/m1/s1. The van der Waals surface area contributed by atoms with Gasteiger partial charge in [-0.15, -0.1) is 6.58 Å². The Morgan fingerprint density at radius 3 is 2.24 bits per heavy atom. The number of halogens is 1. The van der Waals surface area contributed by atoms with Crippen LogP contribution in [0.15, 0.2) is 71.7 Å². The molecule has 0 saturated heterocycles. The number of rotatable bonds is 8. The molecule has 0 saturated carbocycles. The lowest BCUT2D eigenvalue weighted by atomic mass is 9.88. The fraction of sp³-hybridized carbons (Fsp3) is 0.304. The van der Waals surface area contributed by atoms with E-state index < -0.39 is 23.0 Å². The van der Waals surface area contributed by atoms with Crippen molar-refractivity contribution in [3.63, 3.8) is 0 Å². The van der Waals surface area contributed by atoms with Gasteiger partial charge >= 0.3 is 5.97 Å². The van der Waals surface area contributed by atoms with Crippen LogP contribution in [-0.2, 0) is 20.7 Å². The number of carbonyl (C=O) groups is 2. The highest BCUT2D eigenvalue weighted by molar-refractivity contribution is 9.10. The van der Waals surface area contributed by atoms with Crippen molar-refractivity contribution >= 4 is 33.5 Å². The number of nitrogens with one attached hydrogen (secondary N) is 2. The van der Waals surface area contributed by atoms with Crippen LogP contribution in [0.1, 0.15) is 26.3 Å². The zero-order chi connectivity index (χ0) is 21.5. The van der Waals surface area contributed by atoms with E-state index >= 15 is 0 Å². The number of hydrogen-bond donors (Lipinski definition) is 2. The summed E-state index contributed by atoms with van der Waals surface area (Å²) in [4.78, 5) is 26.7. The van der Waals surface area contributed by atoms with E-state index in [1.165, 1.54) is 0 Å². The second-order valence-corrected chi connectivity index (χ2v) is 8.62. The Hall–Kier alpha value is -2.44. The Morgan fingerprint density at radius 1 is 1.07 bits per heavy atom. The summed E-state index contributed by atoms with van der Waals surface area (Å²) in [5, 5.41) is 5.92. The maximum atomic E-state index is 13.4. The van der Waals surface area contributed by atoms with Crippen LogP contribution in [0.3, 0.4) is 0 Å². The van der Waals surface area contributed by atoms with Gasteiger partial charge in [-0.25, -0.2) is 4.79 Å². The number of esters is 1. The van der Waals surface area contributed by atoms with Crippen molar-refractivity contribution in [2.75, 3.05) is 11.9 Å². The molecule has 2 aromatic carbocycles. The highest BCUT2D eigenvalue weighted by atomic mass is 79.9. The molecule has 2 aromatic rings. The van der Waals surface area contributed by atoms with Crippen molar-refractivity contribution in [2.45, 2.75) is 38.3 Å². The van der Waals surface area contributed by atoms with Crippen LogP contribution in [-0.4, -0.2) is 29.6 Å². The summed E-state index contributed by atoms with van der Waals surface area (Å²) in [5.41, 5.74) is -0.941. The van der Waals surface area contributed by atoms with E-state index in [2.05, 4.69) is 33.1 Å². The summed E-state index contributed by atoms with van der Waals surface area (Å²) in [6, 6.07) is 16.5. The van der Waals surface area contributed by atoms with Gasteiger partial charge in [-0.2, -0.15) is 0 Å². The Balaban J connectivity index is 2.45. The van der Waals surface area contributed by atoms with Gasteiger partial charge < -0.3 is 10.1 Å². The van der Waals surface area contributed by atoms with Crippen LogP contribution < -0.4 is 10.6 Å². The van der Waals surface area contributed by atoms with Gasteiger partial charge in [0.15, 0.2) is 0 Å². The van der Waals surface area contributed by atoms with Crippen LogP contribution in [0.5, 0.6) is 0 Å². The topological polar surface area (TPSA) is 67.4 Å². The highest BCUT2D eigenvalue weighted by Crippen LogP contribution is 2.23. The van der Waals surface area contributed by atoms with E-state index in [-0.39, 0.29) is 13.0 Å². The monoisotopic (exact) mass is 458 g/mol. The van der Waals surface area contributed by atoms with E-state index in [4.69, 9.17) is 4.74 Å². The van der Waals surface area contributed by atoms with Crippen LogP contribution in [0, 0.1) is 0 Å². The number of benzene rings is 2. The highest BCUT2D eigenvalue weighted by Gasteiger charge is 2.48. The summed E-state index contributed by atoms with van der Waals surface area (Å²) in [6.45, 7) is 9.30. The van der Waals surface area contributed by atoms with Gasteiger partial charge in [0.05, 0.1) is 0 Å². The van der Waals surface area contributed by atoms with E-state index in [9.17, 15) is 9.59 Å². The molecule has 0 unspecified atom stereocenters. The fourth-order valence-electron chi connectivity index (χ4n) is 2.74. The number of hydrogen-bond acceptors (Lipinski definition) is 4. The SMILES string of the molecule is C=CCN[C@](Cc1ccccc1)(C(=O)Nc1ccc(Br)cc1)C(=O)OC(C)(C)C. The molecule has 2 N–H and O–H groups in total. The quantitative estimate of drug-likeness (QED) is 0.347. The largest absolute Gasteiger partial charge is 0.458 e. The Bertz CT molecular complexity index is 845. The van der Waals surface area contributed by atoms with Crippen molar-refractivity contribution in [3.05, 3.63) is 77.3 Å². The minimum atomic E-state index is -1.62. The molecule has 29 heavy (non-hydrogen) atoms. The van der Waals surface area contributed by atoms with Crippen LogP contribution >= 0.6 is 15.9 Å². The lowest BCUT2D eigenvalue weighted by Gasteiger charge is -2.34. The molecule has 2 rings (SSSR count). The molecule has 1 amide bonds. The number of carbonyl (C=O) groups excluding carboxylic acids is 2. The van der Waals surface area contributed by atoms with Gasteiger partial charge in [0, 0.05) is 23.1 Å². The first kappa shape index (κ1) is 22.8. The maximum Gasteiger partial charge on any atom is 0.337 e. The molecule has 154 valence electrons. The average molecular weight is 459 g/mol. The first-order valence-corrected chi connectivity index (χ1v) is 10.2. The minimum Gasteiger partial charge on any atom is -0.458 e. The van der Waals surface area contributed by atoms with Crippen LogP contribution in [0.2, 0.25) is 0 Å². The van der Waals surface area contributed by atoms with Gasteiger partial charge in [-0.1, -0.05) is 52.3 Å². The second-order valence-electron chi connectivity index (χ2n) is 7.70. The molecule has 0 aromatic heterocycles. The third-order valence-electron chi connectivity index (χ3n) is 4.10. The fourth-order valence-corrected chi connectivity index (χ4v) is 3.01. The molecule has 5 nitrogen and oxygen atoms in total.